The van der Waals surface area contributed by atoms with Crippen LogP contribution in [0.2, 0.25) is 0 Å². The Hall–Kier alpha value is -1.31. The number of aliphatic hydroxyl groups excluding tert-OH is 1. The molecular formula is C13H21NO5S. The molecule has 0 spiro atoms. The van der Waals surface area contributed by atoms with Gasteiger partial charge in [0, 0.05) is 19.2 Å². The molecule has 0 aliphatic heterocycles. The summed E-state index contributed by atoms with van der Waals surface area (Å²) in [5.74, 6) is 0.722. The number of aliphatic hydroxyl groups is 1. The molecule has 20 heavy (non-hydrogen) atoms. The first-order chi connectivity index (χ1) is 9.55. The highest BCUT2D eigenvalue weighted by Crippen LogP contribution is 2.27. The van der Waals surface area contributed by atoms with Crippen LogP contribution in [0.5, 0.6) is 11.5 Å². The average molecular weight is 303 g/mol. The van der Waals surface area contributed by atoms with Crippen LogP contribution < -0.4 is 14.2 Å². The van der Waals surface area contributed by atoms with Gasteiger partial charge in [-0.3, -0.25) is 0 Å². The number of hydrogen-bond donors (Lipinski definition) is 2. The van der Waals surface area contributed by atoms with Crippen molar-refractivity contribution in [2.45, 2.75) is 24.2 Å². The Kier molecular flexibility index (Phi) is 6.77. The predicted octanol–water partition coefficient (Wildman–Crippen LogP) is 1.14. The van der Waals surface area contributed by atoms with Crippen LogP contribution in [-0.2, 0) is 10.0 Å². The number of nitrogens with one attached hydrogen (secondary N) is 1. The summed E-state index contributed by atoms with van der Waals surface area (Å²) in [5, 5.41) is 8.66. The number of ether oxygens (including phenoxy) is 2. The van der Waals surface area contributed by atoms with Crippen LogP contribution in [0.3, 0.4) is 0 Å². The predicted molar refractivity (Wildman–Crippen MR) is 75.7 cm³/mol. The highest BCUT2D eigenvalue weighted by molar-refractivity contribution is 7.89. The van der Waals surface area contributed by atoms with Crippen molar-refractivity contribution in [3.05, 3.63) is 18.2 Å². The standard InChI is InChI=1S/C13H21NO5S/c1-18-11-6-7-12(19-2)13(10-11)20(16,17)14-8-4-3-5-9-15/h6-7,10,14-15H,3-5,8-9H2,1-2H3. The minimum Gasteiger partial charge on any atom is -0.497 e. The van der Waals surface area contributed by atoms with E-state index < -0.39 is 10.0 Å². The highest BCUT2D eigenvalue weighted by atomic mass is 32.2. The van der Waals surface area contributed by atoms with E-state index in [1.807, 2.05) is 0 Å². The largest absolute Gasteiger partial charge is 0.497 e. The minimum atomic E-state index is -3.64. The number of hydrogen-bond acceptors (Lipinski definition) is 5. The van der Waals surface area contributed by atoms with Gasteiger partial charge in [0.1, 0.15) is 16.4 Å². The lowest BCUT2D eigenvalue weighted by Gasteiger charge is -2.12. The molecule has 0 atom stereocenters. The van der Waals surface area contributed by atoms with E-state index in [1.54, 1.807) is 12.1 Å². The zero-order valence-corrected chi connectivity index (χ0v) is 12.6. The van der Waals surface area contributed by atoms with Gasteiger partial charge in [0.05, 0.1) is 14.2 Å². The Labute approximate surface area is 119 Å². The first kappa shape index (κ1) is 16.7. The second-order valence-electron chi connectivity index (χ2n) is 4.20. The Morgan fingerprint density at radius 2 is 1.90 bits per heavy atom. The van der Waals surface area contributed by atoms with Crippen molar-refractivity contribution in [1.29, 1.82) is 0 Å². The summed E-state index contributed by atoms with van der Waals surface area (Å²) in [6, 6.07) is 4.62. The summed E-state index contributed by atoms with van der Waals surface area (Å²) in [4.78, 5) is 0.0570. The summed E-state index contributed by atoms with van der Waals surface area (Å²) in [7, 11) is -0.749. The van der Waals surface area contributed by atoms with Gasteiger partial charge in [-0.15, -0.1) is 0 Å². The number of unbranched alkanes of at least 4 members (excludes halogenated alkanes) is 2. The molecule has 0 aliphatic rings. The maximum atomic E-state index is 12.2. The third-order valence-corrected chi connectivity index (χ3v) is 4.27. The zero-order valence-electron chi connectivity index (χ0n) is 11.8. The normalized spacial score (nSPS) is 11.3. The molecule has 1 aromatic carbocycles. The number of methoxy groups -OCH3 is 2. The van der Waals surface area contributed by atoms with Crippen LogP contribution in [0.4, 0.5) is 0 Å². The summed E-state index contributed by atoms with van der Waals surface area (Å²) >= 11 is 0. The molecule has 0 bridgehead atoms. The molecule has 0 amide bonds. The van der Waals surface area contributed by atoms with Crippen LogP contribution >= 0.6 is 0 Å². The first-order valence-electron chi connectivity index (χ1n) is 6.37. The molecule has 0 heterocycles. The fourth-order valence-corrected chi connectivity index (χ4v) is 2.95. The Morgan fingerprint density at radius 3 is 2.50 bits per heavy atom. The fourth-order valence-electron chi connectivity index (χ4n) is 1.69. The van der Waals surface area contributed by atoms with E-state index in [2.05, 4.69) is 4.72 Å². The smallest absolute Gasteiger partial charge is 0.244 e. The lowest BCUT2D eigenvalue weighted by molar-refractivity contribution is 0.283. The SMILES string of the molecule is COc1ccc(OC)c(S(=O)(=O)NCCCCCO)c1. The van der Waals surface area contributed by atoms with E-state index in [9.17, 15) is 8.42 Å². The van der Waals surface area contributed by atoms with Crippen LogP contribution in [0.25, 0.3) is 0 Å². The van der Waals surface area contributed by atoms with Crippen molar-refractivity contribution >= 4 is 10.0 Å². The minimum absolute atomic E-state index is 0.0570. The molecule has 7 heteroatoms. The number of rotatable bonds is 9. The van der Waals surface area contributed by atoms with Crippen LogP contribution in [0.1, 0.15) is 19.3 Å². The maximum absolute atomic E-state index is 12.2. The Bertz CT molecular complexity index is 515. The third-order valence-electron chi connectivity index (χ3n) is 2.79. The lowest BCUT2D eigenvalue weighted by Crippen LogP contribution is -2.25. The van der Waals surface area contributed by atoms with Crippen molar-refractivity contribution < 1.29 is 23.0 Å². The van der Waals surface area contributed by atoms with Crippen LogP contribution in [0.15, 0.2) is 23.1 Å². The van der Waals surface area contributed by atoms with Gasteiger partial charge >= 0.3 is 0 Å². The van der Waals surface area contributed by atoms with E-state index in [0.717, 1.165) is 6.42 Å². The third kappa shape index (κ3) is 4.66. The second-order valence-corrected chi connectivity index (χ2v) is 5.93. The highest BCUT2D eigenvalue weighted by Gasteiger charge is 2.19. The molecule has 0 saturated carbocycles. The molecule has 0 saturated heterocycles. The van der Waals surface area contributed by atoms with Gasteiger partial charge in [-0.05, 0) is 31.4 Å². The van der Waals surface area contributed by atoms with Crippen molar-refractivity contribution in [3.63, 3.8) is 0 Å². The molecule has 0 aromatic heterocycles. The maximum Gasteiger partial charge on any atom is 0.244 e. The van der Waals surface area contributed by atoms with E-state index in [0.29, 0.717) is 25.1 Å². The molecule has 6 nitrogen and oxygen atoms in total. The first-order valence-corrected chi connectivity index (χ1v) is 7.86. The number of sulfonamides is 1. The summed E-state index contributed by atoms with van der Waals surface area (Å²) in [6.45, 7) is 0.444. The molecular weight excluding hydrogens is 282 g/mol. The van der Waals surface area contributed by atoms with E-state index in [-0.39, 0.29) is 17.3 Å². The fraction of sp³-hybridized carbons (Fsp3) is 0.538. The van der Waals surface area contributed by atoms with Gasteiger partial charge < -0.3 is 14.6 Å². The summed E-state index contributed by atoms with van der Waals surface area (Å²) < 4.78 is 37.0. The lowest BCUT2D eigenvalue weighted by atomic mass is 10.2. The molecule has 1 aromatic rings. The molecule has 114 valence electrons. The van der Waals surface area contributed by atoms with Crippen LogP contribution in [-0.4, -0.2) is 40.9 Å². The van der Waals surface area contributed by atoms with E-state index in [4.69, 9.17) is 14.6 Å². The molecule has 0 unspecified atom stereocenters. The van der Waals surface area contributed by atoms with Gasteiger partial charge in [-0.2, -0.15) is 0 Å². The van der Waals surface area contributed by atoms with Crippen molar-refractivity contribution in [2.75, 3.05) is 27.4 Å². The second kappa shape index (κ2) is 8.08. The van der Waals surface area contributed by atoms with Crippen LogP contribution in [0, 0.1) is 0 Å². The number of benzene rings is 1. The van der Waals surface area contributed by atoms with Gasteiger partial charge in [-0.25, -0.2) is 13.1 Å². The molecule has 0 fully saturated rings. The average Bonchev–Trinajstić information content (AvgIpc) is 2.46. The van der Waals surface area contributed by atoms with Gasteiger partial charge in [0.15, 0.2) is 0 Å². The summed E-state index contributed by atoms with van der Waals surface area (Å²) in [6.07, 6.45) is 2.12. The molecule has 1 rings (SSSR count). The topological polar surface area (TPSA) is 84.9 Å². The van der Waals surface area contributed by atoms with Crippen molar-refractivity contribution in [2.24, 2.45) is 0 Å². The van der Waals surface area contributed by atoms with Gasteiger partial charge in [-0.1, -0.05) is 0 Å². The summed E-state index contributed by atoms with van der Waals surface area (Å²) in [5.41, 5.74) is 0. The quantitative estimate of drug-likeness (QED) is 0.668. The van der Waals surface area contributed by atoms with E-state index in [1.165, 1.54) is 20.3 Å². The molecule has 0 aliphatic carbocycles. The van der Waals surface area contributed by atoms with Crippen molar-refractivity contribution in [3.8, 4) is 11.5 Å². The molecule has 2 N–H and O–H groups in total. The molecule has 0 radical (unpaired) electrons. The Balaban J connectivity index is 2.80. The van der Waals surface area contributed by atoms with Gasteiger partial charge in [0.2, 0.25) is 10.0 Å². The Morgan fingerprint density at radius 1 is 1.15 bits per heavy atom. The van der Waals surface area contributed by atoms with Crippen molar-refractivity contribution in [1.82, 2.24) is 4.72 Å². The zero-order chi connectivity index (χ0) is 15.0. The van der Waals surface area contributed by atoms with Gasteiger partial charge in [0.25, 0.3) is 0 Å². The van der Waals surface area contributed by atoms with E-state index >= 15 is 0 Å². The monoisotopic (exact) mass is 303 g/mol.